The van der Waals surface area contributed by atoms with Crippen LogP contribution in [-0.2, 0) is 14.8 Å². The molecule has 3 aromatic rings. The molecule has 0 fully saturated rings. The molecule has 1 aromatic heterocycles. The third kappa shape index (κ3) is 3.31. The zero-order valence-corrected chi connectivity index (χ0v) is 15.2. The van der Waals surface area contributed by atoms with Crippen LogP contribution >= 0.6 is 0 Å². The number of hydrogen-bond acceptors (Lipinski definition) is 5. The molecule has 0 unspecified atom stereocenters. The second-order valence-corrected chi connectivity index (χ2v) is 8.25. The molecule has 2 aromatic carbocycles. The lowest BCUT2D eigenvalue weighted by molar-refractivity contribution is -0.116. The summed E-state index contributed by atoms with van der Waals surface area (Å²) in [5.74, 6) is -0.724. The molecular formula is C19H16N2O5S. The Morgan fingerprint density at radius 3 is 2.67 bits per heavy atom. The van der Waals surface area contributed by atoms with E-state index in [-0.39, 0.29) is 17.8 Å². The lowest BCUT2D eigenvalue weighted by atomic mass is 9.85. The zero-order valence-electron chi connectivity index (χ0n) is 14.4. The molecule has 0 radical (unpaired) electrons. The van der Waals surface area contributed by atoms with Gasteiger partial charge in [-0.05, 0) is 29.8 Å². The zero-order chi connectivity index (χ0) is 19.2. The molecule has 4 rings (SSSR count). The van der Waals surface area contributed by atoms with Gasteiger partial charge >= 0.3 is 0 Å². The molecule has 1 amide bonds. The molecule has 7 nitrogen and oxygen atoms in total. The van der Waals surface area contributed by atoms with Gasteiger partial charge in [0.15, 0.2) is 5.43 Å². The van der Waals surface area contributed by atoms with Gasteiger partial charge in [0.05, 0.1) is 23.6 Å². The summed E-state index contributed by atoms with van der Waals surface area (Å²) < 4.78 is 30.8. The minimum absolute atomic E-state index is 0.106. The van der Waals surface area contributed by atoms with Gasteiger partial charge in [-0.3, -0.25) is 14.3 Å². The Balaban J connectivity index is 1.83. The number of carbonyl (C=O) groups is 1. The van der Waals surface area contributed by atoms with E-state index in [1.165, 1.54) is 6.26 Å². The van der Waals surface area contributed by atoms with Crippen molar-refractivity contribution in [3.8, 4) is 0 Å². The summed E-state index contributed by atoms with van der Waals surface area (Å²) in [6, 6.07) is 11.8. The molecule has 2 heterocycles. The van der Waals surface area contributed by atoms with E-state index in [0.717, 1.165) is 11.8 Å². The van der Waals surface area contributed by atoms with Crippen LogP contribution in [0.4, 0.5) is 11.4 Å². The highest BCUT2D eigenvalue weighted by Crippen LogP contribution is 2.37. The van der Waals surface area contributed by atoms with Gasteiger partial charge in [-0.1, -0.05) is 18.2 Å². The largest absolute Gasteiger partial charge is 0.464 e. The molecule has 0 saturated carbocycles. The maximum atomic E-state index is 12.9. The number of fused-ring (bicyclic) bond motifs is 2. The first-order valence-electron chi connectivity index (χ1n) is 8.24. The van der Waals surface area contributed by atoms with Crippen LogP contribution in [0.25, 0.3) is 11.0 Å². The topological polar surface area (TPSA) is 105 Å². The van der Waals surface area contributed by atoms with Crippen molar-refractivity contribution in [1.82, 2.24) is 0 Å². The Kier molecular flexibility index (Phi) is 4.00. The third-order valence-electron chi connectivity index (χ3n) is 4.48. The van der Waals surface area contributed by atoms with Crippen molar-refractivity contribution >= 4 is 38.3 Å². The monoisotopic (exact) mass is 384 g/mol. The van der Waals surface area contributed by atoms with Gasteiger partial charge in [0, 0.05) is 23.6 Å². The van der Waals surface area contributed by atoms with E-state index in [2.05, 4.69) is 10.0 Å². The van der Waals surface area contributed by atoms with Crippen molar-refractivity contribution in [2.75, 3.05) is 16.3 Å². The molecular weight excluding hydrogens is 368 g/mol. The molecule has 1 atom stereocenters. The molecule has 0 spiro atoms. The van der Waals surface area contributed by atoms with Crippen molar-refractivity contribution in [2.24, 2.45) is 0 Å². The molecule has 0 saturated heterocycles. The number of para-hydroxylation sites is 1. The number of sulfonamides is 1. The summed E-state index contributed by atoms with van der Waals surface area (Å²) in [6.07, 6.45) is 2.56. The van der Waals surface area contributed by atoms with Gasteiger partial charge in [0.1, 0.15) is 5.58 Å². The fourth-order valence-corrected chi connectivity index (χ4v) is 3.91. The van der Waals surface area contributed by atoms with Crippen molar-refractivity contribution in [2.45, 2.75) is 12.3 Å². The number of benzene rings is 2. The fourth-order valence-electron chi connectivity index (χ4n) is 3.35. The van der Waals surface area contributed by atoms with Crippen molar-refractivity contribution < 1.29 is 17.6 Å². The number of nitrogens with one attached hydrogen (secondary N) is 2. The molecule has 0 aliphatic carbocycles. The number of anilines is 2. The molecule has 27 heavy (non-hydrogen) atoms. The molecule has 138 valence electrons. The van der Waals surface area contributed by atoms with Gasteiger partial charge in [-0.25, -0.2) is 8.42 Å². The average molecular weight is 384 g/mol. The van der Waals surface area contributed by atoms with Crippen molar-refractivity contribution in [3.63, 3.8) is 0 Å². The minimum atomic E-state index is -3.44. The lowest BCUT2D eigenvalue weighted by Crippen LogP contribution is -2.26. The van der Waals surface area contributed by atoms with E-state index >= 15 is 0 Å². The fraction of sp³-hybridized carbons (Fsp3) is 0.158. The summed E-state index contributed by atoms with van der Waals surface area (Å²) in [7, 11) is -3.44. The van der Waals surface area contributed by atoms with Gasteiger partial charge in [0.25, 0.3) is 0 Å². The third-order valence-corrected chi connectivity index (χ3v) is 5.08. The summed E-state index contributed by atoms with van der Waals surface area (Å²) >= 11 is 0. The van der Waals surface area contributed by atoms with E-state index < -0.39 is 15.9 Å². The van der Waals surface area contributed by atoms with E-state index in [9.17, 15) is 18.0 Å². The quantitative estimate of drug-likeness (QED) is 0.722. The van der Waals surface area contributed by atoms with Crippen LogP contribution in [0.5, 0.6) is 0 Å². The standard InChI is InChI=1S/C19H16N2O5S/c1-27(24,25)21-11-6-7-12-14(9-18(22)20-16(12)8-11)15-10-26-17-5-3-2-4-13(17)19(15)23/h2-8,10,14,21H,9H2,1H3,(H,20,22)/t14-/m0/s1. The van der Waals surface area contributed by atoms with Crippen LogP contribution in [0.15, 0.2) is 57.9 Å². The Labute approximate surface area is 155 Å². The van der Waals surface area contributed by atoms with E-state index in [0.29, 0.717) is 27.9 Å². The number of carbonyl (C=O) groups excluding carboxylic acids is 1. The molecule has 1 aliphatic rings. The van der Waals surface area contributed by atoms with Gasteiger partial charge in [-0.2, -0.15) is 0 Å². The average Bonchev–Trinajstić information content (AvgIpc) is 2.60. The van der Waals surface area contributed by atoms with Gasteiger partial charge < -0.3 is 9.73 Å². The maximum Gasteiger partial charge on any atom is 0.229 e. The number of amides is 1. The van der Waals surface area contributed by atoms with Crippen LogP contribution in [0.2, 0.25) is 0 Å². The molecule has 2 N–H and O–H groups in total. The van der Waals surface area contributed by atoms with Crippen LogP contribution in [0.1, 0.15) is 23.5 Å². The summed E-state index contributed by atoms with van der Waals surface area (Å²) in [6.45, 7) is 0. The maximum absolute atomic E-state index is 12.9. The Hall–Kier alpha value is -3.13. The number of rotatable bonds is 3. The lowest BCUT2D eigenvalue weighted by Gasteiger charge is -2.26. The van der Waals surface area contributed by atoms with Crippen molar-refractivity contribution in [1.29, 1.82) is 0 Å². The summed E-state index contributed by atoms with van der Waals surface area (Å²) in [4.78, 5) is 25.1. The van der Waals surface area contributed by atoms with E-state index in [1.54, 1.807) is 42.5 Å². The molecule has 1 aliphatic heterocycles. The first-order valence-corrected chi connectivity index (χ1v) is 10.1. The Morgan fingerprint density at radius 1 is 1.11 bits per heavy atom. The van der Waals surface area contributed by atoms with Gasteiger partial charge in [0.2, 0.25) is 15.9 Å². The normalized spacial score (nSPS) is 16.6. The van der Waals surface area contributed by atoms with E-state index in [1.807, 2.05) is 0 Å². The predicted octanol–water partition coefficient (Wildman–Crippen LogP) is 2.64. The second-order valence-electron chi connectivity index (χ2n) is 6.50. The highest BCUT2D eigenvalue weighted by molar-refractivity contribution is 7.92. The smallest absolute Gasteiger partial charge is 0.229 e. The molecule has 0 bridgehead atoms. The highest BCUT2D eigenvalue weighted by Gasteiger charge is 2.29. The minimum Gasteiger partial charge on any atom is -0.464 e. The Bertz CT molecular complexity index is 1230. The SMILES string of the molecule is CS(=O)(=O)Nc1ccc2c(c1)NC(=O)C[C@@H]2c1coc2ccccc2c1=O. The molecule has 8 heteroatoms. The first-order chi connectivity index (χ1) is 12.8. The van der Waals surface area contributed by atoms with Crippen molar-refractivity contribution in [3.05, 3.63) is 70.1 Å². The highest BCUT2D eigenvalue weighted by atomic mass is 32.2. The predicted molar refractivity (Wildman–Crippen MR) is 102 cm³/mol. The van der Waals surface area contributed by atoms with Gasteiger partial charge in [-0.15, -0.1) is 0 Å². The first kappa shape index (κ1) is 17.3. The van der Waals surface area contributed by atoms with Crippen LogP contribution in [-0.4, -0.2) is 20.6 Å². The Morgan fingerprint density at radius 2 is 1.89 bits per heavy atom. The van der Waals surface area contributed by atoms with Crippen LogP contribution in [0, 0.1) is 0 Å². The number of hydrogen-bond donors (Lipinski definition) is 2. The van der Waals surface area contributed by atoms with Crippen LogP contribution < -0.4 is 15.5 Å². The van der Waals surface area contributed by atoms with E-state index in [4.69, 9.17) is 4.42 Å². The second kappa shape index (κ2) is 6.24. The summed E-state index contributed by atoms with van der Waals surface area (Å²) in [5.41, 5.74) is 2.24. The summed E-state index contributed by atoms with van der Waals surface area (Å²) in [5, 5.41) is 3.19. The van der Waals surface area contributed by atoms with Crippen LogP contribution in [0.3, 0.4) is 0 Å².